The van der Waals surface area contributed by atoms with Crippen LogP contribution in [-0.2, 0) is 30.8 Å². The van der Waals surface area contributed by atoms with E-state index < -0.39 is 28.5 Å². The highest BCUT2D eigenvalue weighted by atomic mass is 32.2. The van der Waals surface area contributed by atoms with Crippen molar-refractivity contribution in [1.82, 2.24) is 0 Å². The lowest BCUT2D eigenvalue weighted by atomic mass is 10.1. The van der Waals surface area contributed by atoms with Crippen LogP contribution >= 0.6 is 0 Å². The Morgan fingerprint density at radius 1 is 0.943 bits per heavy atom. The molecular formula is C26H26N2O6S. The van der Waals surface area contributed by atoms with E-state index in [1.807, 2.05) is 25.1 Å². The van der Waals surface area contributed by atoms with Crippen molar-refractivity contribution in [3.05, 3.63) is 90.0 Å². The van der Waals surface area contributed by atoms with E-state index in [9.17, 15) is 18.0 Å². The van der Waals surface area contributed by atoms with Gasteiger partial charge in [-0.25, -0.2) is 13.2 Å². The molecule has 0 heterocycles. The molecule has 0 aliphatic rings. The fourth-order valence-electron chi connectivity index (χ4n) is 3.05. The molecule has 3 aromatic rings. The van der Waals surface area contributed by atoms with Crippen LogP contribution in [0, 0.1) is 0 Å². The lowest BCUT2D eigenvalue weighted by Gasteiger charge is -2.09. The number of hydrogen-bond donors (Lipinski definition) is 2. The normalized spacial score (nSPS) is 11.1. The van der Waals surface area contributed by atoms with E-state index in [0.29, 0.717) is 22.7 Å². The van der Waals surface area contributed by atoms with Crippen molar-refractivity contribution in [2.24, 2.45) is 0 Å². The quantitative estimate of drug-likeness (QED) is 0.322. The van der Waals surface area contributed by atoms with Crippen LogP contribution in [-0.4, -0.2) is 34.0 Å². The predicted octanol–water partition coefficient (Wildman–Crippen LogP) is 4.25. The summed E-state index contributed by atoms with van der Waals surface area (Å²) in [7, 11) is -2.25. The van der Waals surface area contributed by atoms with Crippen LogP contribution in [0.1, 0.15) is 18.1 Å². The zero-order valence-corrected chi connectivity index (χ0v) is 20.2. The van der Waals surface area contributed by atoms with Crippen LogP contribution in [0.3, 0.4) is 0 Å². The third-order valence-corrected chi connectivity index (χ3v) is 6.31. The van der Waals surface area contributed by atoms with E-state index in [1.54, 1.807) is 42.5 Å². The van der Waals surface area contributed by atoms with E-state index in [2.05, 4.69) is 10.0 Å². The van der Waals surface area contributed by atoms with Gasteiger partial charge in [-0.3, -0.25) is 9.52 Å². The maximum atomic E-state index is 12.6. The lowest BCUT2D eigenvalue weighted by Crippen LogP contribution is -2.20. The molecule has 8 nitrogen and oxygen atoms in total. The standard InChI is InChI=1S/C26H26N2O6S/c1-3-19-5-4-6-22(17-19)27-25(29)18-34-26(30)16-9-20-7-14-24(15-8-20)35(31,32)28-21-10-12-23(33-2)13-11-21/h4-17,28H,3,18H2,1-2H3,(H,27,29)/b16-9+. The van der Waals surface area contributed by atoms with E-state index in [1.165, 1.54) is 31.4 Å². The highest BCUT2D eigenvalue weighted by molar-refractivity contribution is 7.92. The van der Waals surface area contributed by atoms with E-state index in [4.69, 9.17) is 9.47 Å². The molecule has 182 valence electrons. The molecule has 0 saturated heterocycles. The number of ether oxygens (including phenoxy) is 2. The van der Waals surface area contributed by atoms with Crippen molar-refractivity contribution >= 4 is 39.4 Å². The minimum atomic E-state index is -3.78. The monoisotopic (exact) mass is 494 g/mol. The van der Waals surface area contributed by atoms with Gasteiger partial charge in [0.1, 0.15) is 5.75 Å². The fourth-order valence-corrected chi connectivity index (χ4v) is 4.10. The van der Waals surface area contributed by atoms with Gasteiger partial charge >= 0.3 is 5.97 Å². The number of anilines is 2. The summed E-state index contributed by atoms with van der Waals surface area (Å²) in [5.74, 6) is -0.524. The maximum absolute atomic E-state index is 12.6. The first-order valence-corrected chi connectivity index (χ1v) is 12.3. The van der Waals surface area contributed by atoms with Gasteiger partial charge in [0.25, 0.3) is 15.9 Å². The predicted molar refractivity (Wildman–Crippen MR) is 135 cm³/mol. The summed E-state index contributed by atoms with van der Waals surface area (Å²) in [6, 6.07) is 19.9. The van der Waals surface area contributed by atoms with Crippen LogP contribution in [0.5, 0.6) is 5.75 Å². The molecule has 0 bridgehead atoms. The number of amides is 1. The van der Waals surface area contributed by atoms with E-state index in [-0.39, 0.29) is 4.90 Å². The molecule has 9 heteroatoms. The van der Waals surface area contributed by atoms with Gasteiger partial charge in [0.05, 0.1) is 12.0 Å². The molecular weight excluding hydrogens is 468 g/mol. The van der Waals surface area contributed by atoms with Crippen molar-refractivity contribution < 1.29 is 27.5 Å². The van der Waals surface area contributed by atoms with Crippen molar-refractivity contribution in [3.63, 3.8) is 0 Å². The molecule has 35 heavy (non-hydrogen) atoms. The molecule has 0 radical (unpaired) electrons. The minimum Gasteiger partial charge on any atom is -0.497 e. The Balaban J connectivity index is 1.51. The van der Waals surface area contributed by atoms with Crippen LogP contribution in [0.2, 0.25) is 0 Å². The number of carbonyl (C=O) groups excluding carboxylic acids is 2. The van der Waals surface area contributed by atoms with Crippen molar-refractivity contribution in [2.75, 3.05) is 23.8 Å². The zero-order valence-electron chi connectivity index (χ0n) is 19.4. The summed E-state index contributed by atoms with van der Waals surface area (Å²) in [6.07, 6.45) is 3.48. The van der Waals surface area contributed by atoms with Crippen molar-refractivity contribution in [1.29, 1.82) is 0 Å². The summed E-state index contributed by atoms with van der Waals surface area (Å²) < 4.78 is 37.7. The first-order valence-electron chi connectivity index (χ1n) is 10.8. The van der Waals surface area contributed by atoms with Gasteiger partial charge in [-0.2, -0.15) is 0 Å². The summed E-state index contributed by atoms with van der Waals surface area (Å²) >= 11 is 0. The number of benzene rings is 3. The molecule has 0 saturated carbocycles. The van der Waals surface area contributed by atoms with Crippen LogP contribution in [0.15, 0.2) is 83.8 Å². The van der Waals surface area contributed by atoms with Gasteiger partial charge in [0.15, 0.2) is 6.61 Å². The van der Waals surface area contributed by atoms with Gasteiger partial charge in [0, 0.05) is 17.5 Å². The molecule has 0 fully saturated rings. The van der Waals surface area contributed by atoms with Gasteiger partial charge in [0.2, 0.25) is 0 Å². The van der Waals surface area contributed by atoms with Gasteiger partial charge in [-0.1, -0.05) is 31.2 Å². The third kappa shape index (κ3) is 7.72. The molecule has 0 unspecified atom stereocenters. The Morgan fingerprint density at radius 2 is 1.66 bits per heavy atom. The molecule has 0 aliphatic carbocycles. The van der Waals surface area contributed by atoms with Gasteiger partial charge in [-0.15, -0.1) is 0 Å². The molecule has 0 spiro atoms. The second kappa shape index (κ2) is 11.8. The van der Waals surface area contributed by atoms with Gasteiger partial charge < -0.3 is 14.8 Å². The zero-order chi connectivity index (χ0) is 25.3. The second-order valence-corrected chi connectivity index (χ2v) is 9.13. The highest BCUT2D eigenvalue weighted by Gasteiger charge is 2.14. The summed E-state index contributed by atoms with van der Waals surface area (Å²) in [5.41, 5.74) is 2.71. The Labute approximate surface area is 204 Å². The Bertz CT molecular complexity index is 1300. The number of hydrogen-bond acceptors (Lipinski definition) is 6. The third-order valence-electron chi connectivity index (χ3n) is 4.91. The highest BCUT2D eigenvalue weighted by Crippen LogP contribution is 2.20. The average Bonchev–Trinajstić information content (AvgIpc) is 2.87. The number of carbonyl (C=O) groups is 2. The maximum Gasteiger partial charge on any atom is 0.331 e. The first kappa shape index (κ1) is 25.5. The number of methoxy groups -OCH3 is 1. The topological polar surface area (TPSA) is 111 Å². The van der Waals surface area contributed by atoms with Gasteiger partial charge in [-0.05, 0) is 72.2 Å². The number of esters is 1. The molecule has 2 N–H and O–H groups in total. The lowest BCUT2D eigenvalue weighted by molar-refractivity contribution is -0.142. The fraction of sp³-hybridized carbons (Fsp3) is 0.154. The molecule has 0 atom stereocenters. The summed E-state index contributed by atoms with van der Waals surface area (Å²) in [6.45, 7) is 1.59. The second-order valence-electron chi connectivity index (χ2n) is 7.45. The van der Waals surface area contributed by atoms with Crippen molar-refractivity contribution in [2.45, 2.75) is 18.2 Å². The molecule has 0 aromatic heterocycles. The van der Waals surface area contributed by atoms with E-state index >= 15 is 0 Å². The van der Waals surface area contributed by atoms with Crippen LogP contribution in [0.25, 0.3) is 6.08 Å². The summed E-state index contributed by atoms with van der Waals surface area (Å²) in [4.78, 5) is 24.0. The number of aryl methyl sites for hydroxylation is 1. The minimum absolute atomic E-state index is 0.0665. The molecule has 0 aliphatic heterocycles. The Morgan fingerprint density at radius 3 is 2.31 bits per heavy atom. The number of sulfonamides is 1. The van der Waals surface area contributed by atoms with Crippen molar-refractivity contribution in [3.8, 4) is 5.75 Å². The summed E-state index contributed by atoms with van der Waals surface area (Å²) in [5, 5.41) is 2.68. The molecule has 3 rings (SSSR count). The number of nitrogens with one attached hydrogen (secondary N) is 2. The van der Waals surface area contributed by atoms with Crippen LogP contribution < -0.4 is 14.8 Å². The smallest absolute Gasteiger partial charge is 0.331 e. The Kier molecular flexibility index (Phi) is 8.63. The van der Waals surface area contributed by atoms with E-state index in [0.717, 1.165) is 12.0 Å². The molecule has 1 amide bonds. The Hall–Kier alpha value is -4.11. The first-order chi connectivity index (χ1) is 16.8. The largest absolute Gasteiger partial charge is 0.497 e. The number of rotatable bonds is 10. The molecule has 3 aromatic carbocycles. The average molecular weight is 495 g/mol. The SMILES string of the molecule is CCc1cccc(NC(=O)COC(=O)/C=C/c2ccc(S(=O)(=O)Nc3ccc(OC)cc3)cc2)c1. The van der Waals surface area contributed by atoms with Crippen LogP contribution in [0.4, 0.5) is 11.4 Å².